The van der Waals surface area contributed by atoms with Crippen molar-refractivity contribution in [3.8, 4) is 5.88 Å². The highest BCUT2D eigenvalue weighted by Crippen LogP contribution is 2.21. The quantitative estimate of drug-likeness (QED) is 0.852. The summed E-state index contributed by atoms with van der Waals surface area (Å²) in [5, 5.41) is 1.25. The number of hydrogen-bond donors (Lipinski definition) is 1. The van der Waals surface area contributed by atoms with Crippen molar-refractivity contribution >= 4 is 45.2 Å². The first-order valence-corrected chi connectivity index (χ1v) is 8.81. The molecule has 0 bridgehead atoms. The van der Waals surface area contributed by atoms with E-state index in [0.29, 0.717) is 16.5 Å². The van der Waals surface area contributed by atoms with Crippen LogP contribution in [0.2, 0.25) is 10.0 Å². The number of pyridine rings is 1. The van der Waals surface area contributed by atoms with Crippen LogP contribution in [0.1, 0.15) is 15.9 Å². The predicted octanol–water partition coefficient (Wildman–Crippen LogP) is 3.13. The Bertz CT molecular complexity index is 881. The Labute approximate surface area is 149 Å². The third-order valence-electron chi connectivity index (χ3n) is 2.82. The molecule has 0 fully saturated rings. The Balaban J connectivity index is 2.12. The van der Waals surface area contributed by atoms with E-state index in [2.05, 4.69) is 4.98 Å². The molecule has 1 heterocycles. The zero-order valence-electron chi connectivity index (χ0n) is 12.4. The number of nitrogens with zero attached hydrogens (tertiary/aromatic N) is 1. The second-order valence-electron chi connectivity index (χ2n) is 4.54. The molecule has 0 aliphatic heterocycles. The van der Waals surface area contributed by atoms with E-state index in [1.807, 2.05) is 4.72 Å². The van der Waals surface area contributed by atoms with E-state index >= 15 is 0 Å². The summed E-state index contributed by atoms with van der Waals surface area (Å²) in [4.78, 5) is 15.9. The maximum atomic E-state index is 12.0. The smallest absolute Gasteiger partial charge is 0.266 e. The first-order valence-electron chi connectivity index (χ1n) is 6.51. The van der Waals surface area contributed by atoms with Crippen LogP contribution < -0.4 is 9.46 Å². The van der Waals surface area contributed by atoms with Crippen LogP contribution in [0, 0.1) is 0 Å². The molecule has 0 spiro atoms. The minimum atomic E-state index is -4.00. The molecule has 6 nitrogen and oxygen atoms in total. The summed E-state index contributed by atoms with van der Waals surface area (Å²) in [7, 11) is -2.53. The molecule has 2 aromatic rings. The molecule has 0 saturated heterocycles. The van der Waals surface area contributed by atoms with Crippen LogP contribution in [0.5, 0.6) is 5.88 Å². The standard InChI is InChI=1S/C15H12Cl2N2O4S/c1-23-14-5-2-10(9-18-14)6-7-24(21,22)19-15(20)12-4-3-11(16)8-13(12)17/h2-9H,1H3,(H,19,20)/b7-6+. The Hall–Kier alpha value is -2.09. The van der Waals surface area contributed by atoms with Crippen LogP contribution in [0.25, 0.3) is 6.08 Å². The van der Waals surface area contributed by atoms with Gasteiger partial charge in [0.25, 0.3) is 15.9 Å². The van der Waals surface area contributed by atoms with Crippen molar-refractivity contribution in [1.29, 1.82) is 0 Å². The summed E-state index contributed by atoms with van der Waals surface area (Å²) in [6.45, 7) is 0. The van der Waals surface area contributed by atoms with Gasteiger partial charge in [-0.2, -0.15) is 0 Å². The van der Waals surface area contributed by atoms with E-state index in [4.69, 9.17) is 27.9 Å². The summed E-state index contributed by atoms with van der Waals surface area (Å²) < 4.78 is 30.7. The van der Waals surface area contributed by atoms with Gasteiger partial charge in [0.15, 0.2) is 0 Å². The largest absolute Gasteiger partial charge is 0.481 e. The monoisotopic (exact) mass is 386 g/mol. The normalized spacial score (nSPS) is 11.5. The Morgan fingerprint density at radius 1 is 1.25 bits per heavy atom. The molecule has 0 radical (unpaired) electrons. The van der Waals surface area contributed by atoms with Crippen molar-refractivity contribution in [2.24, 2.45) is 0 Å². The van der Waals surface area contributed by atoms with Gasteiger partial charge in [0.05, 0.1) is 23.1 Å². The molecule has 0 unspecified atom stereocenters. The number of carbonyl (C=O) groups excluding carboxylic acids is 1. The number of halogens is 2. The number of hydrogen-bond acceptors (Lipinski definition) is 5. The van der Waals surface area contributed by atoms with Gasteiger partial charge in [-0.1, -0.05) is 23.2 Å². The molecule has 1 N–H and O–H groups in total. The highest BCUT2D eigenvalue weighted by Gasteiger charge is 2.16. The molecule has 0 saturated carbocycles. The summed E-state index contributed by atoms with van der Waals surface area (Å²) >= 11 is 11.6. The molecule has 0 aliphatic carbocycles. The van der Waals surface area contributed by atoms with Gasteiger partial charge in [-0.05, 0) is 35.9 Å². The first kappa shape index (κ1) is 18.3. The van der Waals surface area contributed by atoms with Crippen LogP contribution in [-0.2, 0) is 10.0 Å². The van der Waals surface area contributed by atoms with Gasteiger partial charge in [-0.25, -0.2) is 18.1 Å². The lowest BCUT2D eigenvalue weighted by Crippen LogP contribution is -2.29. The summed E-state index contributed by atoms with van der Waals surface area (Å²) in [6, 6.07) is 7.33. The molecular formula is C15H12Cl2N2O4S. The van der Waals surface area contributed by atoms with E-state index in [1.165, 1.54) is 37.6 Å². The molecule has 1 aromatic heterocycles. The first-order chi connectivity index (χ1) is 11.3. The third kappa shape index (κ3) is 4.95. The highest BCUT2D eigenvalue weighted by molar-refractivity contribution is 7.93. The van der Waals surface area contributed by atoms with Crippen molar-refractivity contribution in [2.45, 2.75) is 0 Å². The molecule has 24 heavy (non-hydrogen) atoms. The minimum absolute atomic E-state index is 0.00385. The fourth-order valence-corrected chi connectivity index (χ4v) is 2.94. The third-order valence-corrected chi connectivity index (χ3v) is 4.33. The zero-order chi connectivity index (χ0) is 17.7. The van der Waals surface area contributed by atoms with Gasteiger partial charge in [0.1, 0.15) is 0 Å². The fraction of sp³-hybridized carbons (Fsp3) is 0.0667. The second-order valence-corrected chi connectivity index (χ2v) is 6.95. The molecule has 1 aromatic carbocycles. The van der Waals surface area contributed by atoms with E-state index in [-0.39, 0.29) is 10.6 Å². The van der Waals surface area contributed by atoms with E-state index in [0.717, 1.165) is 5.41 Å². The van der Waals surface area contributed by atoms with Gasteiger partial charge < -0.3 is 4.74 Å². The van der Waals surface area contributed by atoms with Crippen LogP contribution in [0.4, 0.5) is 0 Å². The van der Waals surface area contributed by atoms with Crippen LogP contribution in [0.15, 0.2) is 41.9 Å². The van der Waals surface area contributed by atoms with Crippen molar-refractivity contribution in [3.05, 3.63) is 63.1 Å². The molecular weight excluding hydrogens is 375 g/mol. The zero-order valence-corrected chi connectivity index (χ0v) is 14.7. The van der Waals surface area contributed by atoms with Crippen LogP contribution in [-0.4, -0.2) is 26.4 Å². The molecule has 9 heteroatoms. The van der Waals surface area contributed by atoms with Crippen molar-refractivity contribution in [1.82, 2.24) is 9.71 Å². The van der Waals surface area contributed by atoms with E-state index < -0.39 is 15.9 Å². The molecule has 126 valence electrons. The molecule has 0 aliphatic rings. The Morgan fingerprint density at radius 2 is 2.00 bits per heavy atom. The number of nitrogens with one attached hydrogen (secondary N) is 1. The lowest BCUT2D eigenvalue weighted by molar-refractivity contribution is 0.0982. The number of amides is 1. The van der Waals surface area contributed by atoms with Crippen LogP contribution >= 0.6 is 23.2 Å². The van der Waals surface area contributed by atoms with Crippen molar-refractivity contribution < 1.29 is 17.9 Å². The highest BCUT2D eigenvalue weighted by atomic mass is 35.5. The van der Waals surface area contributed by atoms with Gasteiger partial charge in [-0.3, -0.25) is 4.79 Å². The van der Waals surface area contributed by atoms with Crippen molar-refractivity contribution in [2.75, 3.05) is 7.11 Å². The summed E-state index contributed by atoms with van der Waals surface area (Å²) in [6.07, 6.45) is 2.73. The van der Waals surface area contributed by atoms with Gasteiger partial charge in [-0.15, -0.1) is 0 Å². The lowest BCUT2D eigenvalue weighted by Gasteiger charge is -2.05. The van der Waals surface area contributed by atoms with Crippen LogP contribution in [0.3, 0.4) is 0 Å². The van der Waals surface area contributed by atoms with E-state index in [9.17, 15) is 13.2 Å². The summed E-state index contributed by atoms with van der Waals surface area (Å²) in [5.41, 5.74) is 0.530. The maximum Gasteiger partial charge on any atom is 0.266 e. The number of carbonyl (C=O) groups is 1. The Morgan fingerprint density at radius 3 is 2.58 bits per heavy atom. The minimum Gasteiger partial charge on any atom is -0.481 e. The predicted molar refractivity (Wildman–Crippen MR) is 92.7 cm³/mol. The number of aromatic nitrogens is 1. The van der Waals surface area contributed by atoms with Gasteiger partial charge in [0, 0.05) is 17.3 Å². The average molecular weight is 387 g/mol. The average Bonchev–Trinajstić information content (AvgIpc) is 2.53. The maximum absolute atomic E-state index is 12.0. The van der Waals surface area contributed by atoms with Gasteiger partial charge in [0.2, 0.25) is 5.88 Å². The molecule has 0 atom stereocenters. The number of sulfonamides is 1. The Kier molecular flexibility index (Phi) is 5.82. The second kappa shape index (κ2) is 7.65. The lowest BCUT2D eigenvalue weighted by atomic mass is 10.2. The van der Waals surface area contributed by atoms with E-state index in [1.54, 1.807) is 12.1 Å². The number of rotatable bonds is 5. The molecule has 1 amide bonds. The summed E-state index contributed by atoms with van der Waals surface area (Å²) in [5.74, 6) is -0.449. The van der Waals surface area contributed by atoms with Crippen molar-refractivity contribution in [3.63, 3.8) is 0 Å². The van der Waals surface area contributed by atoms with Gasteiger partial charge >= 0.3 is 0 Å². The number of ether oxygens (including phenoxy) is 1. The fourth-order valence-electron chi connectivity index (χ4n) is 1.67. The topological polar surface area (TPSA) is 85.4 Å². The SMILES string of the molecule is COc1ccc(/C=C/S(=O)(=O)NC(=O)c2ccc(Cl)cc2Cl)cn1. The number of benzene rings is 1. The number of methoxy groups -OCH3 is 1. The molecule has 2 rings (SSSR count).